The topological polar surface area (TPSA) is 131 Å². The quantitative estimate of drug-likeness (QED) is 0.433. The minimum Gasteiger partial charge on any atom is -0.394 e. The lowest BCUT2D eigenvalue weighted by molar-refractivity contribution is -0.0549. The van der Waals surface area contributed by atoms with Crippen molar-refractivity contribution >= 4 is 5.82 Å². The first-order valence-electron chi connectivity index (χ1n) is 5.47. The second-order valence-corrected chi connectivity index (χ2v) is 4.10. The van der Waals surface area contributed by atoms with E-state index in [0.29, 0.717) is 0 Å². The third-order valence-electron chi connectivity index (χ3n) is 2.93. The number of aliphatic hydroxyl groups is 3. The fraction of sp³-hybridized carbons (Fsp3) is 0.455. The summed E-state index contributed by atoms with van der Waals surface area (Å²) in [5, 5.41) is 28.4. The highest BCUT2D eigenvalue weighted by Gasteiger charge is 2.43. The van der Waals surface area contributed by atoms with Gasteiger partial charge in [0, 0.05) is 6.20 Å². The van der Waals surface area contributed by atoms with Crippen LogP contribution in [-0.2, 0) is 4.74 Å². The maximum Gasteiger partial charge on any atom is 0.351 e. The molecule has 1 aliphatic rings. The maximum atomic E-state index is 11.7. The van der Waals surface area contributed by atoms with E-state index in [0.717, 1.165) is 4.57 Å². The Bertz CT molecular complexity index is 579. The second kappa shape index (κ2) is 4.99. The van der Waals surface area contributed by atoms with E-state index >= 15 is 0 Å². The summed E-state index contributed by atoms with van der Waals surface area (Å²) in [7, 11) is 0. The molecule has 8 heteroatoms. The van der Waals surface area contributed by atoms with Gasteiger partial charge in [-0.25, -0.2) is 4.79 Å². The van der Waals surface area contributed by atoms with Crippen LogP contribution in [0.5, 0.6) is 0 Å². The van der Waals surface area contributed by atoms with Crippen LogP contribution in [0.2, 0.25) is 0 Å². The van der Waals surface area contributed by atoms with Crippen LogP contribution in [-0.4, -0.2) is 49.8 Å². The molecule has 2 heterocycles. The molecule has 1 aliphatic heterocycles. The second-order valence-electron chi connectivity index (χ2n) is 4.10. The number of aliphatic hydroxyl groups excluding tert-OH is 3. The van der Waals surface area contributed by atoms with Crippen LogP contribution in [0.1, 0.15) is 11.8 Å². The molecule has 19 heavy (non-hydrogen) atoms. The van der Waals surface area contributed by atoms with Crippen LogP contribution < -0.4 is 11.4 Å². The summed E-state index contributed by atoms with van der Waals surface area (Å²) < 4.78 is 6.14. The minimum absolute atomic E-state index is 0.101. The molecule has 0 bridgehead atoms. The number of terminal acetylenes is 1. The molecular weight excluding hydrogens is 254 g/mol. The van der Waals surface area contributed by atoms with Crippen LogP contribution >= 0.6 is 0 Å². The number of nitrogens with two attached hydrogens (primary N) is 1. The van der Waals surface area contributed by atoms with Crippen molar-refractivity contribution in [3.8, 4) is 12.3 Å². The number of rotatable bonds is 2. The lowest BCUT2D eigenvalue weighted by Crippen LogP contribution is -2.36. The zero-order valence-electron chi connectivity index (χ0n) is 9.80. The monoisotopic (exact) mass is 267 g/mol. The van der Waals surface area contributed by atoms with Gasteiger partial charge in [0.2, 0.25) is 0 Å². The smallest absolute Gasteiger partial charge is 0.351 e. The number of hydrogen-bond acceptors (Lipinski definition) is 7. The largest absolute Gasteiger partial charge is 0.394 e. The highest BCUT2D eigenvalue weighted by molar-refractivity contribution is 5.47. The molecule has 4 atom stereocenters. The number of nitrogens with zero attached hydrogens (tertiary/aromatic N) is 2. The normalized spacial score (nSPS) is 30.2. The van der Waals surface area contributed by atoms with Crippen molar-refractivity contribution in [2.24, 2.45) is 0 Å². The van der Waals surface area contributed by atoms with Gasteiger partial charge >= 0.3 is 5.69 Å². The van der Waals surface area contributed by atoms with Crippen molar-refractivity contribution in [2.45, 2.75) is 24.5 Å². The van der Waals surface area contributed by atoms with Crippen molar-refractivity contribution in [3.63, 3.8) is 0 Å². The molecule has 102 valence electrons. The molecule has 0 aromatic carbocycles. The number of aromatic nitrogens is 2. The van der Waals surface area contributed by atoms with Crippen molar-refractivity contribution < 1.29 is 20.1 Å². The molecule has 0 amide bonds. The van der Waals surface area contributed by atoms with Gasteiger partial charge in [0.1, 0.15) is 24.1 Å². The van der Waals surface area contributed by atoms with Crippen LogP contribution in [0.4, 0.5) is 5.82 Å². The standard InChI is InChI=1S/C11H13N3O5/c1-2-5-3-14(11(18)13-9(5)12)10-8(17)7(16)6(4-15)19-10/h1,3,6-8,10,15-17H,4H2,(H2,12,13,18)/t6-,7?,8+,10-/m1/s1. The Morgan fingerprint density at radius 2 is 2.21 bits per heavy atom. The average Bonchev–Trinajstić information content (AvgIpc) is 2.67. The molecule has 1 unspecified atom stereocenters. The van der Waals surface area contributed by atoms with E-state index in [1.165, 1.54) is 6.20 Å². The number of hydrogen-bond donors (Lipinski definition) is 4. The van der Waals surface area contributed by atoms with Gasteiger partial charge in [0.25, 0.3) is 0 Å². The summed E-state index contributed by atoms with van der Waals surface area (Å²) in [6.07, 6.45) is 1.56. The van der Waals surface area contributed by atoms with Gasteiger partial charge in [0.15, 0.2) is 6.23 Å². The Morgan fingerprint density at radius 3 is 2.74 bits per heavy atom. The summed E-state index contributed by atoms with van der Waals surface area (Å²) in [6.45, 7) is -0.492. The molecule has 0 saturated carbocycles. The van der Waals surface area contributed by atoms with E-state index in [1.54, 1.807) is 0 Å². The minimum atomic E-state index is -1.38. The van der Waals surface area contributed by atoms with Crippen LogP contribution in [0.25, 0.3) is 0 Å². The first-order chi connectivity index (χ1) is 8.99. The summed E-state index contributed by atoms with van der Waals surface area (Å²) >= 11 is 0. The number of anilines is 1. The Balaban J connectivity index is 2.44. The zero-order chi connectivity index (χ0) is 14.2. The fourth-order valence-corrected chi connectivity index (χ4v) is 1.88. The predicted molar refractivity (Wildman–Crippen MR) is 63.9 cm³/mol. The zero-order valence-corrected chi connectivity index (χ0v) is 9.80. The van der Waals surface area contributed by atoms with Crippen LogP contribution in [0.3, 0.4) is 0 Å². The Morgan fingerprint density at radius 1 is 1.53 bits per heavy atom. The van der Waals surface area contributed by atoms with Crippen molar-refractivity contribution in [3.05, 3.63) is 22.2 Å². The molecule has 0 aliphatic carbocycles. The molecule has 1 saturated heterocycles. The van der Waals surface area contributed by atoms with E-state index in [2.05, 4.69) is 10.9 Å². The lowest BCUT2D eigenvalue weighted by Gasteiger charge is -2.17. The van der Waals surface area contributed by atoms with Gasteiger partial charge in [0.05, 0.1) is 12.2 Å². The van der Waals surface area contributed by atoms with E-state index in [4.69, 9.17) is 22.0 Å². The molecule has 1 aromatic rings. The molecule has 8 nitrogen and oxygen atoms in total. The molecule has 5 N–H and O–H groups in total. The average molecular weight is 267 g/mol. The van der Waals surface area contributed by atoms with E-state index in [-0.39, 0.29) is 11.4 Å². The van der Waals surface area contributed by atoms with Gasteiger partial charge in [-0.1, -0.05) is 5.92 Å². The first kappa shape index (κ1) is 13.5. The van der Waals surface area contributed by atoms with Gasteiger partial charge in [-0.15, -0.1) is 6.42 Å². The van der Waals surface area contributed by atoms with Gasteiger partial charge < -0.3 is 25.8 Å². The summed E-state index contributed by atoms with van der Waals surface area (Å²) in [4.78, 5) is 15.2. The van der Waals surface area contributed by atoms with E-state index in [9.17, 15) is 15.0 Å². The molecular formula is C11H13N3O5. The SMILES string of the molecule is C#Cc1cn([C@@H]2O[C@H](CO)C(O)[C@@H]2O)c(=O)nc1N. The third-order valence-corrected chi connectivity index (χ3v) is 2.93. The van der Waals surface area contributed by atoms with Gasteiger partial charge in [-0.2, -0.15) is 4.98 Å². The number of nitrogen functional groups attached to an aromatic ring is 1. The van der Waals surface area contributed by atoms with Crippen LogP contribution in [0.15, 0.2) is 11.0 Å². The third kappa shape index (κ3) is 2.20. The van der Waals surface area contributed by atoms with Crippen molar-refractivity contribution in [1.29, 1.82) is 0 Å². The van der Waals surface area contributed by atoms with Gasteiger partial charge in [-0.05, 0) is 0 Å². The van der Waals surface area contributed by atoms with Crippen molar-refractivity contribution in [1.82, 2.24) is 9.55 Å². The Kier molecular flexibility index (Phi) is 3.55. The Labute approximate surface area is 108 Å². The summed E-state index contributed by atoms with van der Waals surface area (Å²) in [5.74, 6) is 2.14. The lowest BCUT2D eigenvalue weighted by atomic mass is 10.1. The van der Waals surface area contributed by atoms with Gasteiger partial charge in [-0.3, -0.25) is 4.57 Å². The Hall–Kier alpha value is -1.92. The molecule has 2 rings (SSSR count). The molecule has 0 radical (unpaired) electrons. The summed E-state index contributed by atoms with van der Waals surface area (Å²) in [5.41, 5.74) is 4.85. The number of ether oxygens (including phenoxy) is 1. The van der Waals surface area contributed by atoms with E-state index in [1.807, 2.05) is 0 Å². The molecule has 0 spiro atoms. The summed E-state index contributed by atoms with van der Waals surface area (Å²) in [6, 6.07) is 0. The molecule has 1 fully saturated rings. The maximum absolute atomic E-state index is 11.7. The predicted octanol–water partition coefficient (Wildman–Crippen LogP) is -2.58. The highest BCUT2D eigenvalue weighted by Crippen LogP contribution is 2.28. The van der Waals surface area contributed by atoms with Crippen molar-refractivity contribution in [2.75, 3.05) is 12.3 Å². The molecule has 1 aromatic heterocycles. The fourth-order valence-electron chi connectivity index (χ4n) is 1.88. The first-order valence-corrected chi connectivity index (χ1v) is 5.47. The van der Waals surface area contributed by atoms with E-state index < -0.39 is 36.8 Å². The highest BCUT2D eigenvalue weighted by atomic mass is 16.6. The van der Waals surface area contributed by atoms with Crippen LogP contribution in [0, 0.1) is 12.3 Å².